The van der Waals surface area contributed by atoms with Gasteiger partial charge < -0.3 is 14.4 Å². The summed E-state index contributed by atoms with van der Waals surface area (Å²) < 4.78 is 10.6. The molecule has 27 heavy (non-hydrogen) atoms. The Labute approximate surface area is 163 Å². The van der Waals surface area contributed by atoms with E-state index in [1.54, 1.807) is 12.1 Å². The van der Waals surface area contributed by atoms with Gasteiger partial charge >= 0.3 is 5.97 Å². The van der Waals surface area contributed by atoms with Gasteiger partial charge in [0.05, 0.1) is 13.2 Å². The topological polar surface area (TPSA) is 62.6 Å². The minimum atomic E-state index is -0.690. The second-order valence-electron chi connectivity index (χ2n) is 5.90. The lowest BCUT2D eigenvalue weighted by molar-refractivity contribution is -0.129. The molecule has 0 spiro atoms. The fourth-order valence-corrected chi connectivity index (χ4v) is 2.95. The van der Waals surface area contributed by atoms with Gasteiger partial charge in [-0.1, -0.05) is 42.5 Å². The Morgan fingerprint density at radius 1 is 1.11 bits per heavy atom. The third-order valence-corrected chi connectivity index (χ3v) is 4.55. The van der Waals surface area contributed by atoms with E-state index in [0.717, 1.165) is 29.2 Å². The third kappa shape index (κ3) is 5.00. The number of morpholine rings is 1. The number of nitrogens with zero attached hydrogens (tertiary/aromatic N) is 2. The molecular formula is C21H18N2O3S. The molecule has 0 radical (unpaired) electrons. The summed E-state index contributed by atoms with van der Waals surface area (Å²) in [6.45, 7) is 2.87. The number of esters is 1. The van der Waals surface area contributed by atoms with E-state index >= 15 is 0 Å². The summed E-state index contributed by atoms with van der Waals surface area (Å²) in [6, 6.07) is 18.0. The summed E-state index contributed by atoms with van der Waals surface area (Å²) in [4.78, 5) is 15.1. The van der Waals surface area contributed by atoms with Crippen LogP contribution in [0.15, 0.2) is 60.2 Å². The number of hydrogen-bond donors (Lipinski definition) is 0. The molecule has 1 aliphatic rings. The van der Waals surface area contributed by atoms with Gasteiger partial charge in [0.1, 0.15) is 22.4 Å². The van der Waals surface area contributed by atoms with Gasteiger partial charge in [-0.3, -0.25) is 0 Å². The Hall–Kier alpha value is -3.01. The number of ether oxygens (including phenoxy) is 2. The third-order valence-electron chi connectivity index (χ3n) is 4.06. The number of carbonyl (C=O) groups is 1. The maximum atomic E-state index is 12.3. The minimum absolute atomic E-state index is 0.0610. The molecule has 0 aromatic heterocycles. The van der Waals surface area contributed by atoms with Gasteiger partial charge in [-0.25, -0.2) is 4.79 Å². The zero-order chi connectivity index (χ0) is 19.1. The molecule has 1 saturated heterocycles. The van der Waals surface area contributed by atoms with Crippen LogP contribution in [0, 0.1) is 11.3 Å². The number of benzene rings is 2. The summed E-state index contributed by atoms with van der Waals surface area (Å²) in [5.41, 5.74) is 1.58. The fourth-order valence-electron chi connectivity index (χ4n) is 2.63. The molecule has 2 aromatic carbocycles. The van der Waals surface area contributed by atoms with E-state index in [1.807, 2.05) is 48.5 Å². The van der Waals surface area contributed by atoms with Crippen molar-refractivity contribution in [1.82, 2.24) is 4.90 Å². The highest BCUT2D eigenvalue weighted by atomic mass is 32.1. The number of rotatable bonds is 4. The molecule has 3 rings (SSSR count). The lowest BCUT2D eigenvalue weighted by atomic mass is 10.1. The van der Waals surface area contributed by atoms with Crippen LogP contribution in [0.25, 0.3) is 6.08 Å². The number of nitriles is 1. The summed E-state index contributed by atoms with van der Waals surface area (Å²) in [6.07, 6.45) is 1.50. The van der Waals surface area contributed by atoms with Gasteiger partial charge in [0, 0.05) is 18.7 Å². The molecule has 1 heterocycles. The van der Waals surface area contributed by atoms with Crippen LogP contribution >= 0.6 is 12.2 Å². The van der Waals surface area contributed by atoms with Crippen molar-refractivity contribution in [3.05, 3.63) is 71.3 Å². The molecule has 0 aliphatic carbocycles. The maximum absolute atomic E-state index is 12.3. The van der Waals surface area contributed by atoms with Crippen molar-refractivity contribution < 1.29 is 14.3 Å². The van der Waals surface area contributed by atoms with Crippen LogP contribution < -0.4 is 4.74 Å². The smallest absolute Gasteiger partial charge is 0.354 e. The average Bonchev–Trinajstić information content (AvgIpc) is 2.73. The first kappa shape index (κ1) is 18.8. The highest BCUT2D eigenvalue weighted by Gasteiger charge is 2.16. The summed E-state index contributed by atoms with van der Waals surface area (Å²) in [5, 5.41) is 9.24. The molecule has 0 saturated carbocycles. The van der Waals surface area contributed by atoms with E-state index in [-0.39, 0.29) is 5.57 Å². The van der Waals surface area contributed by atoms with Gasteiger partial charge in [0.25, 0.3) is 0 Å². The SMILES string of the molecule is N#C/C(=C\c1ccccc1)C(=O)Oc1ccc(C(=S)N2CCOCC2)cc1. The van der Waals surface area contributed by atoms with E-state index in [4.69, 9.17) is 21.7 Å². The lowest BCUT2D eigenvalue weighted by Gasteiger charge is -2.29. The molecule has 2 aromatic rings. The molecule has 6 heteroatoms. The first-order chi connectivity index (χ1) is 13.2. The molecular weight excluding hydrogens is 360 g/mol. The van der Waals surface area contributed by atoms with Crippen LogP contribution in [0.4, 0.5) is 0 Å². The van der Waals surface area contributed by atoms with Crippen molar-refractivity contribution in [2.24, 2.45) is 0 Å². The standard InChI is InChI=1S/C21H18N2O3S/c22-15-18(14-16-4-2-1-3-5-16)21(24)26-19-8-6-17(7-9-19)20(27)23-10-12-25-13-11-23/h1-9,14H,10-13H2/b18-14+. The van der Waals surface area contributed by atoms with E-state index in [9.17, 15) is 10.1 Å². The van der Waals surface area contributed by atoms with Crippen LogP contribution in [0.3, 0.4) is 0 Å². The van der Waals surface area contributed by atoms with Crippen LogP contribution in [0.5, 0.6) is 5.75 Å². The fraction of sp³-hybridized carbons (Fsp3) is 0.190. The van der Waals surface area contributed by atoms with Crippen LogP contribution in [0.1, 0.15) is 11.1 Å². The largest absolute Gasteiger partial charge is 0.422 e. The van der Waals surface area contributed by atoms with Crippen LogP contribution in [-0.4, -0.2) is 42.2 Å². The predicted molar refractivity (Wildman–Crippen MR) is 106 cm³/mol. The molecule has 1 fully saturated rings. The Balaban J connectivity index is 1.66. The molecule has 0 atom stereocenters. The molecule has 0 N–H and O–H groups in total. The van der Waals surface area contributed by atoms with Gasteiger partial charge in [-0.05, 0) is 35.9 Å². The highest BCUT2D eigenvalue weighted by Crippen LogP contribution is 2.17. The van der Waals surface area contributed by atoms with Crippen LogP contribution in [-0.2, 0) is 9.53 Å². The monoisotopic (exact) mass is 378 g/mol. The van der Waals surface area contributed by atoms with Crippen molar-refractivity contribution in [3.8, 4) is 11.8 Å². The summed E-state index contributed by atoms with van der Waals surface area (Å²) in [5.74, 6) is -0.326. The zero-order valence-corrected chi connectivity index (χ0v) is 15.4. The van der Waals surface area contributed by atoms with Gasteiger partial charge in [0.2, 0.25) is 0 Å². The van der Waals surface area contributed by atoms with E-state index < -0.39 is 5.97 Å². The Bertz CT molecular complexity index is 880. The van der Waals surface area contributed by atoms with Crippen molar-refractivity contribution in [1.29, 1.82) is 5.26 Å². The average molecular weight is 378 g/mol. The number of thiocarbonyl (C=S) groups is 1. The van der Waals surface area contributed by atoms with E-state index in [2.05, 4.69) is 4.90 Å². The Morgan fingerprint density at radius 3 is 2.41 bits per heavy atom. The van der Waals surface area contributed by atoms with E-state index in [1.165, 1.54) is 6.08 Å². The number of carbonyl (C=O) groups excluding carboxylic acids is 1. The molecule has 0 unspecified atom stereocenters. The first-order valence-electron chi connectivity index (χ1n) is 8.53. The first-order valence-corrected chi connectivity index (χ1v) is 8.94. The van der Waals surface area contributed by atoms with Crippen molar-refractivity contribution in [2.45, 2.75) is 0 Å². The van der Waals surface area contributed by atoms with Gasteiger partial charge in [-0.2, -0.15) is 5.26 Å². The van der Waals surface area contributed by atoms with Crippen molar-refractivity contribution in [3.63, 3.8) is 0 Å². The second kappa shape index (κ2) is 9.08. The zero-order valence-electron chi connectivity index (χ0n) is 14.6. The Kier molecular flexibility index (Phi) is 6.31. The normalized spacial score (nSPS) is 14.3. The quantitative estimate of drug-likeness (QED) is 0.268. The van der Waals surface area contributed by atoms with Crippen LogP contribution in [0.2, 0.25) is 0 Å². The molecule has 136 valence electrons. The van der Waals surface area contributed by atoms with Crippen molar-refractivity contribution in [2.75, 3.05) is 26.3 Å². The van der Waals surface area contributed by atoms with Gasteiger partial charge in [0.15, 0.2) is 0 Å². The maximum Gasteiger partial charge on any atom is 0.354 e. The van der Waals surface area contributed by atoms with E-state index in [0.29, 0.717) is 19.0 Å². The highest BCUT2D eigenvalue weighted by molar-refractivity contribution is 7.80. The van der Waals surface area contributed by atoms with Crippen molar-refractivity contribution >= 4 is 29.3 Å². The molecule has 0 amide bonds. The predicted octanol–water partition coefficient (Wildman–Crippen LogP) is 3.21. The molecule has 1 aliphatic heterocycles. The lowest BCUT2D eigenvalue weighted by Crippen LogP contribution is -2.40. The Morgan fingerprint density at radius 2 is 1.78 bits per heavy atom. The molecule has 5 nitrogen and oxygen atoms in total. The summed E-state index contributed by atoms with van der Waals surface area (Å²) in [7, 11) is 0. The summed E-state index contributed by atoms with van der Waals surface area (Å²) >= 11 is 5.52. The number of hydrogen-bond acceptors (Lipinski definition) is 5. The minimum Gasteiger partial charge on any atom is -0.422 e. The second-order valence-corrected chi connectivity index (χ2v) is 6.29. The van der Waals surface area contributed by atoms with Gasteiger partial charge in [-0.15, -0.1) is 0 Å². The molecule has 0 bridgehead atoms.